The number of rotatable bonds is 6. The summed E-state index contributed by atoms with van der Waals surface area (Å²) in [5, 5.41) is 11.4. The summed E-state index contributed by atoms with van der Waals surface area (Å²) in [6.07, 6.45) is 0. The number of urea groups is 1. The molecule has 0 atom stereocenters. The first kappa shape index (κ1) is 15.5. The number of hydrogen-bond acceptors (Lipinski definition) is 3. The lowest BCUT2D eigenvalue weighted by atomic mass is 10.3. The zero-order chi connectivity index (χ0) is 14.3. The van der Waals surface area contributed by atoms with Crippen molar-refractivity contribution < 1.29 is 19.4 Å². The molecular formula is C12H15BrN2O4. The lowest BCUT2D eigenvalue weighted by molar-refractivity contribution is -0.137. The molecule has 104 valence electrons. The van der Waals surface area contributed by atoms with Gasteiger partial charge in [-0.05, 0) is 18.2 Å². The number of benzene rings is 1. The van der Waals surface area contributed by atoms with Crippen molar-refractivity contribution in [3.8, 4) is 0 Å². The van der Waals surface area contributed by atoms with Crippen LogP contribution in [0.1, 0.15) is 0 Å². The van der Waals surface area contributed by atoms with Crippen molar-refractivity contribution >= 4 is 33.6 Å². The van der Waals surface area contributed by atoms with Crippen LogP contribution in [0.2, 0.25) is 0 Å². The van der Waals surface area contributed by atoms with E-state index < -0.39 is 12.0 Å². The summed E-state index contributed by atoms with van der Waals surface area (Å²) in [5.74, 6) is -1.07. The Labute approximate surface area is 119 Å². The molecule has 1 aromatic carbocycles. The molecule has 0 aromatic heterocycles. The molecule has 7 heteroatoms. The number of amides is 2. The van der Waals surface area contributed by atoms with Crippen molar-refractivity contribution in [2.75, 3.05) is 32.1 Å². The van der Waals surface area contributed by atoms with Gasteiger partial charge in [-0.15, -0.1) is 0 Å². The number of halogens is 1. The molecule has 0 bridgehead atoms. The van der Waals surface area contributed by atoms with Crippen LogP contribution in [0, 0.1) is 0 Å². The van der Waals surface area contributed by atoms with Crippen LogP contribution in [-0.2, 0) is 9.53 Å². The van der Waals surface area contributed by atoms with Crippen molar-refractivity contribution in [2.45, 2.75) is 0 Å². The van der Waals surface area contributed by atoms with E-state index in [4.69, 9.17) is 9.84 Å². The monoisotopic (exact) mass is 330 g/mol. The minimum atomic E-state index is -1.07. The maximum atomic E-state index is 11.9. The van der Waals surface area contributed by atoms with Crippen LogP contribution in [0.25, 0.3) is 0 Å². The van der Waals surface area contributed by atoms with Crippen LogP contribution in [0.3, 0.4) is 0 Å². The quantitative estimate of drug-likeness (QED) is 0.836. The fourth-order valence-electron chi connectivity index (χ4n) is 1.39. The molecule has 0 aliphatic heterocycles. The molecule has 2 N–H and O–H groups in total. The zero-order valence-electron chi connectivity index (χ0n) is 10.4. The number of carboxylic acids is 1. The maximum Gasteiger partial charge on any atom is 0.323 e. The van der Waals surface area contributed by atoms with E-state index in [9.17, 15) is 9.59 Å². The summed E-state index contributed by atoms with van der Waals surface area (Å²) >= 11 is 3.29. The Balaban J connectivity index is 2.67. The van der Waals surface area contributed by atoms with Gasteiger partial charge in [-0.3, -0.25) is 4.79 Å². The van der Waals surface area contributed by atoms with Gasteiger partial charge in [0.1, 0.15) is 6.54 Å². The van der Waals surface area contributed by atoms with Gasteiger partial charge in [0.2, 0.25) is 0 Å². The van der Waals surface area contributed by atoms with Gasteiger partial charge >= 0.3 is 12.0 Å². The molecule has 0 aliphatic rings. The molecule has 0 heterocycles. The van der Waals surface area contributed by atoms with E-state index in [0.717, 1.165) is 4.47 Å². The van der Waals surface area contributed by atoms with Gasteiger partial charge in [-0.1, -0.05) is 22.0 Å². The van der Waals surface area contributed by atoms with Gasteiger partial charge in [0, 0.05) is 23.8 Å². The average molecular weight is 331 g/mol. The lowest BCUT2D eigenvalue weighted by Crippen LogP contribution is -2.40. The largest absolute Gasteiger partial charge is 0.480 e. The Kier molecular flexibility index (Phi) is 6.31. The van der Waals surface area contributed by atoms with Crippen LogP contribution in [0.15, 0.2) is 28.7 Å². The summed E-state index contributed by atoms with van der Waals surface area (Å²) < 4.78 is 5.68. The van der Waals surface area contributed by atoms with Crippen LogP contribution in [0.4, 0.5) is 10.5 Å². The molecule has 0 aliphatic carbocycles. The van der Waals surface area contributed by atoms with E-state index in [-0.39, 0.29) is 19.7 Å². The molecule has 19 heavy (non-hydrogen) atoms. The highest BCUT2D eigenvalue weighted by atomic mass is 79.9. The second-order valence-electron chi connectivity index (χ2n) is 3.75. The van der Waals surface area contributed by atoms with Gasteiger partial charge in [0.25, 0.3) is 0 Å². The Morgan fingerprint density at radius 1 is 1.47 bits per heavy atom. The van der Waals surface area contributed by atoms with Crippen molar-refractivity contribution in [2.24, 2.45) is 0 Å². The molecule has 1 rings (SSSR count). The first-order chi connectivity index (χ1) is 9.02. The summed E-state index contributed by atoms with van der Waals surface area (Å²) in [6, 6.07) is 6.58. The van der Waals surface area contributed by atoms with Gasteiger partial charge in [-0.2, -0.15) is 0 Å². The zero-order valence-corrected chi connectivity index (χ0v) is 12.0. The standard InChI is InChI=1S/C12H15BrN2O4/c1-19-6-5-15(8-11(16)17)12(18)14-10-4-2-3-9(13)7-10/h2-4,7H,5-6,8H2,1H3,(H,14,18)(H,16,17). The predicted molar refractivity (Wildman–Crippen MR) is 74.2 cm³/mol. The fraction of sp³-hybridized carbons (Fsp3) is 0.333. The molecular weight excluding hydrogens is 316 g/mol. The third kappa shape index (κ3) is 5.71. The normalized spacial score (nSPS) is 10.0. The van der Waals surface area contributed by atoms with E-state index >= 15 is 0 Å². The SMILES string of the molecule is COCCN(CC(=O)O)C(=O)Nc1cccc(Br)c1. The molecule has 2 amide bonds. The first-order valence-electron chi connectivity index (χ1n) is 5.55. The van der Waals surface area contributed by atoms with Crippen molar-refractivity contribution in [1.82, 2.24) is 4.90 Å². The lowest BCUT2D eigenvalue weighted by Gasteiger charge is -2.20. The summed E-state index contributed by atoms with van der Waals surface area (Å²) in [7, 11) is 1.49. The van der Waals surface area contributed by atoms with E-state index in [1.54, 1.807) is 18.2 Å². The van der Waals surface area contributed by atoms with Crippen LogP contribution in [0.5, 0.6) is 0 Å². The highest BCUT2D eigenvalue weighted by Crippen LogP contribution is 2.16. The van der Waals surface area contributed by atoms with Crippen LogP contribution >= 0.6 is 15.9 Å². The summed E-state index contributed by atoms with van der Waals surface area (Å²) in [6.45, 7) is 0.116. The Morgan fingerprint density at radius 2 is 2.21 bits per heavy atom. The second-order valence-corrected chi connectivity index (χ2v) is 4.66. The van der Waals surface area contributed by atoms with E-state index in [1.165, 1.54) is 12.0 Å². The fourth-order valence-corrected chi connectivity index (χ4v) is 1.79. The van der Waals surface area contributed by atoms with Gasteiger partial charge in [0.05, 0.1) is 6.61 Å². The number of nitrogens with zero attached hydrogens (tertiary/aromatic N) is 1. The number of hydrogen-bond donors (Lipinski definition) is 2. The summed E-state index contributed by atoms with van der Waals surface area (Å²) in [4.78, 5) is 23.8. The third-order valence-corrected chi connectivity index (χ3v) is 2.75. The van der Waals surface area contributed by atoms with Crippen molar-refractivity contribution in [1.29, 1.82) is 0 Å². The molecule has 6 nitrogen and oxygen atoms in total. The number of aliphatic carboxylic acids is 1. The predicted octanol–water partition coefficient (Wildman–Crippen LogP) is 2.01. The minimum absolute atomic E-state index is 0.211. The topological polar surface area (TPSA) is 78.9 Å². The maximum absolute atomic E-state index is 11.9. The molecule has 1 aromatic rings. The van der Waals surface area contributed by atoms with Crippen molar-refractivity contribution in [3.63, 3.8) is 0 Å². The van der Waals surface area contributed by atoms with Gasteiger partial charge in [-0.25, -0.2) is 4.79 Å². The second kappa shape index (κ2) is 7.75. The highest BCUT2D eigenvalue weighted by molar-refractivity contribution is 9.10. The van der Waals surface area contributed by atoms with Crippen molar-refractivity contribution in [3.05, 3.63) is 28.7 Å². The molecule has 0 spiro atoms. The Bertz CT molecular complexity index is 453. The molecule has 0 fully saturated rings. The first-order valence-corrected chi connectivity index (χ1v) is 6.34. The van der Waals surface area contributed by atoms with E-state index in [1.807, 2.05) is 6.07 Å². The summed E-state index contributed by atoms with van der Waals surface area (Å²) in [5.41, 5.74) is 0.590. The van der Waals surface area contributed by atoms with Crippen LogP contribution in [-0.4, -0.2) is 48.8 Å². The van der Waals surface area contributed by atoms with E-state index in [0.29, 0.717) is 5.69 Å². The molecule has 0 saturated heterocycles. The van der Waals surface area contributed by atoms with Crippen LogP contribution < -0.4 is 5.32 Å². The minimum Gasteiger partial charge on any atom is -0.480 e. The number of ether oxygens (including phenoxy) is 1. The number of carbonyl (C=O) groups is 2. The number of carboxylic acid groups (broad SMARTS) is 1. The number of anilines is 1. The number of nitrogens with one attached hydrogen (secondary N) is 1. The number of methoxy groups -OCH3 is 1. The van der Waals surface area contributed by atoms with Gasteiger partial charge in [0.15, 0.2) is 0 Å². The van der Waals surface area contributed by atoms with Gasteiger partial charge < -0.3 is 20.1 Å². The third-order valence-electron chi connectivity index (χ3n) is 2.25. The molecule has 0 unspecified atom stereocenters. The average Bonchev–Trinajstić information content (AvgIpc) is 2.34. The Hall–Kier alpha value is -1.60. The highest BCUT2D eigenvalue weighted by Gasteiger charge is 2.16. The Morgan fingerprint density at radius 3 is 2.79 bits per heavy atom. The smallest absolute Gasteiger partial charge is 0.323 e. The molecule has 0 saturated carbocycles. The van der Waals surface area contributed by atoms with E-state index in [2.05, 4.69) is 21.2 Å². The number of carbonyl (C=O) groups excluding carboxylic acids is 1. The molecule has 0 radical (unpaired) electrons.